The summed E-state index contributed by atoms with van der Waals surface area (Å²) in [6.07, 6.45) is 1.87. The zero-order valence-corrected chi connectivity index (χ0v) is 14.9. The number of ether oxygens (including phenoxy) is 1. The summed E-state index contributed by atoms with van der Waals surface area (Å²) in [4.78, 5) is 27.9. The van der Waals surface area contributed by atoms with E-state index in [0.717, 1.165) is 0 Å². The van der Waals surface area contributed by atoms with E-state index in [0.29, 0.717) is 20.2 Å². The van der Waals surface area contributed by atoms with E-state index in [1.807, 2.05) is 0 Å². The van der Waals surface area contributed by atoms with Crippen molar-refractivity contribution in [3.8, 4) is 0 Å². The molecule has 1 unspecified atom stereocenters. The molecule has 0 saturated heterocycles. The Morgan fingerprint density at radius 3 is 2.70 bits per heavy atom. The Hall–Kier alpha value is -1.63. The number of hydrogen-bond donors (Lipinski definition) is 1. The maximum Gasteiger partial charge on any atom is 0.340 e. The lowest BCUT2D eigenvalue weighted by Gasteiger charge is -2.14. The smallest absolute Gasteiger partial charge is 0.340 e. The minimum absolute atomic E-state index is 0.236. The van der Waals surface area contributed by atoms with Crippen LogP contribution in [0.15, 0.2) is 41.1 Å². The number of nitrogens with zero attached hydrogens (tertiary/aromatic N) is 1. The number of rotatable bonds is 4. The lowest BCUT2D eigenvalue weighted by molar-refractivity contribution is -0.123. The van der Waals surface area contributed by atoms with Gasteiger partial charge in [-0.1, -0.05) is 23.2 Å². The van der Waals surface area contributed by atoms with Crippen LogP contribution in [0.3, 0.4) is 0 Å². The van der Waals surface area contributed by atoms with Crippen molar-refractivity contribution in [2.45, 2.75) is 13.0 Å². The lowest BCUT2D eigenvalue weighted by Crippen LogP contribution is -2.30. The normalized spacial score (nSPS) is 11.7. The van der Waals surface area contributed by atoms with Crippen LogP contribution >= 0.6 is 39.1 Å². The highest BCUT2D eigenvalue weighted by Gasteiger charge is 2.20. The van der Waals surface area contributed by atoms with Gasteiger partial charge in [0, 0.05) is 21.9 Å². The Balaban J connectivity index is 2.02. The van der Waals surface area contributed by atoms with E-state index in [4.69, 9.17) is 27.9 Å². The first-order chi connectivity index (χ1) is 10.9. The summed E-state index contributed by atoms with van der Waals surface area (Å²) in [5.41, 5.74) is 0.580. The van der Waals surface area contributed by atoms with Crippen LogP contribution < -0.4 is 5.32 Å². The van der Waals surface area contributed by atoms with Gasteiger partial charge in [-0.3, -0.25) is 9.78 Å². The van der Waals surface area contributed by atoms with Crippen molar-refractivity contribution in [2.75, 3.05) is 5.32 Å². The van der Waals surface area contributed by atoms with Crippen LogP contribution in [-0.4, -0.2) is 23.0 Å². The molecule has 0 aliphatic carbocycles. The molecule has 0 aliphatic rings. The number of carbonyl (C=O) groups is 2. The van der Waals surface area contributed by atoms with Crippen LogP contribution in [0.2, 0.25) is 10.0 Å². The number of hydrogen-bond acceptors (Lipinski definition) is 4. The highest BCUT2D eigenvalue weighted by atomic mass is 79.9. The molecule has 23 heavy (non-hydrogen) atoms. The zero-order valence-electron chi connectivity index (χ0n) is 11.8. The maximum absolute atomic E-state index is 12.1. The Morgan fingerprint density at radius 2 is 2.00 bits per heavy atom. The van der Waals surface area contributed by atoms with E-state index in [2.05, 4.69) is 26.2 Å². The van der Waals surface area contributed by atoms with Crippen LogP contribution in [0.25, 0.3) is 0 Å². The largest absolute Gasteiger partial charge is 0.449 e. The number of anilines is 1. The second kappa shape index (κ2) is 7.77. The number of esters is 1. The molecule has 0 radical (unpaired) electrons. The van der Waals surface area contributed by atoms with Gasteiger partial charge in [0.15, 0.2) is 6.10 Å². The summed E-state index contributed by atoms with van der Waals surface area (Å²) >= 11 is 15.0. The Kier molecular flexibility index (Phi) is 5.98. The molecule has 2 rings (SSSR count). The molecule has 120 valence electrons. The summed E-state index contributed by atoms with van der Waals surface area (Å²) in [6, 6.07) is 6.22. The van der Waals surface area contributed by atoms with Gasteiger partial charge < -0.3 is 10.1 Å². The number of nitrogens with one attached hydrogen (secondary N) is 1. The number of pyridine rings is 1. The first-order valence-corrected chi connectivity index (χ1v) is 7.99. The number of amides is 1. The van der Waals surface area contributed by atoms with Crippen molar-refractivity contribution in [2.24, 2.45) is 0 Å². The van der Waals surface area contributed by atoms with Crippen molar-refractivity contribution in [1.29, 1.82) is 0 Å². The summed E-state index contributed by atoms with van der Waals surface area (Å²) in [6.45, 7) is 1.46. The van der Waals surface area contributed by atoms with E-state index >= 15 is 0 Å². The van der Waals surface area contributed by atoms with E-state index in [1.54, 1.807) is 18.2 Å². The summed E-state index contributed by atoms with van der Waals surface area (Å²) in [5.74, 6) is -1.18. The molecule has 1 amide bonds. The highest BCUT2D eigenvalue weighted by Crippen LogP contribution is 2.25. The maximum atomic E-state index is 12.1. The van der Waals surface area contributed by atoms with Gasteiger partial charge in [0.25, 0.3) is 5.91 Å². The summed E-state index contributed by atoms with van der Waals surface area (Å²) < 4.78 is 5.74. The number of halogens is 3. The third-order valence-electron chi connectivity index (χ3n) is 2.78. The SMILES string of the molecule is CC(OC(=O)c1cncc(Br)c1)C(=O)Nc1cc(Cl)ccc1Cl. The number of aromatic nitrogens is 1. The molecule has 1 heterocycles. The van der Waals surface area contributed by atoms with Gasteiger partial charge in [-0.2, -0.15) is 0 Å². The molecular weight excluding hydrogens is 407 g/mol. The Labute approximate surface area is 151 Å². The lowest BCUT2D eigenvalue weighted by atomic mass is 10.2. The standard InChI is InChI=1S/C15H11BrCl2N2O3/c1-8(23-15(22)9-4-10(16)7-19-6-9)14(21)20-13-5-11(17)2-3-12(13)18/h2-8H,1H3,(H,20,21). The molecule has 0 bridgehead atoms. The fraction of sp³-hybridized carbons (Fsp3) is 0.133. The van der Waals surface area contributed by atoms with Crippen LogP contribution in [0, 0.1) is 0 Å². The van der Waals surface area contributed by atoms with Crippen molar-refractivity contribution in [3.05, 3.63) is 56.7 Å². The van der Waals surface area contributed by atoms with Gasteiger partial charge in [-0.25, -0.2) is 4.79 Å². The predicted octanol–water partition coefficient (Wildman–Crippen LogP) is 4.33. The highest BCUT2D eigenvalue weighted by molar-refractivity contribution is 9.10. The van der Waals surface area contributed by atoms with E-state index in [9.17, 15) is 9.59 Å². The van der Waals surface area contributed by atoms with Crippen molar-refractivity contribution in [3.63, 3.8) is 0 Å². The quantitative estimate of drug-likeness (QED) is 0.751. The van der Waals surface area contributed by atoms with Gasteiger partial charge in [-0.05, 0) is 47.1 Å². The van der Waals surface area contributed by atoms with Gasteiger partial charge in [0.05, 0.1) is 16.3 Å². The van der Waals surface area contributed by atoms with Crippen LogP contribution in [0.1, 0.15) is 17.3 Å². The molecule has 1 N–H and O–H groups in total. The molecule has 1 aromatic carbocycles. The monoisotopic (exact) mass is 416 g/mol. The van der Waals surface area contributed by atoms with Gasteiger partial charge in [0.1, 0.15) is 0 Å². The van der Waals surface area contributed by atoms with Gasteiger partial charge in [-0.15, -0.1) is 0 Å². The molecule has 0 aliphatic heterocycles. The molecule has 8 heteroatoms. The van der Waals surface area contributed by atoms with E-state index in [-0.39, 0.29) is 5.56 Å². The molecular formula is C15H11BrCl2N2O3. The fourth-order valence-electron chi connectivity index (χ4n) is 1.63. The Bertz CT molecular complexity index is 755. The molecule has 0 spiro atoms. The summed E-state index contributed by atoms with van der Waals surface area (Å²) in [5, 5.41) is 3.32. The minimum atomic E-state index is -1.02. The van der Waals surface area contributed by atoms with E-state index in [1.165, 1.54) is 25.4 Å². The molecule has 1 aromatic heterocycles. The van der Waals surface area contributed by atoms with Gasteiger partial charge in [0.2, 0.25) is 0 Å². The van der Waals surface area contributed by atoms with Crippen LogP contribution in [0.4, 0.5) is 5.69 Å². The average Bonchev–Trinajstić information content (AvgIpc) is 2.50. The average molecular weight is 418 g/mol. The number of carbonyl (C=O) groups excluding carboxylic acids is 2. The van der Waals surface area contributed by atoms with E-state index < -0.39 is 18.0 Å². The molecule has 0 fully saturated rings. The second-order valence-corrected chi connectivity index (χ2v) is 6.31. The molecule has 0 saturated carbocycles. The minimum Gasteiger partial charge on any atom is -0.449 e. The van der Waals surface area contributed by atoms with Crippen molar-refractivity contribution >= 4 is 56.7 Å². The van der Waals surface area contributed by atoms with Crippen LogP contribution in [-0.2, 0) is 9.53 Å². The first-order valence-electron chi connectivity index (χ1n) is 6.44. The predicted molar refractivity (Wildman–Crippen MR) is 91.9 cm³/mol. The Morgan fingerprint density at radius 1 is 1.26 bits per heavy atom. The van der Waals surface area contributed by atoms with Crippen molar-refractivity contribution < 1.29 is 14.3 Å². The number of benzene rings is 1. The van der Waals surface area contributed by atoms with Crippen LogP contribution in [0.5, 0.6) is 0 Å². The topological polar surface area (TPSA) is 68.3 Å². The molecule has 1 atom stereocenters. The summed E-state index contributed by atoms with van der Waals surface area (Å²) in [7, 11) is 0. The fourth-order valence-corrected chi connectivity index (χ4v) is 2.33. The first kappa shape index (κ1) is 17.7. The third kappa shape index (κ3) is 4.92. The molecule has 5 nitrogen and oxygen atoms in total. The third-order valence-corrected chi connectivity index (χ3v) is 3.78. The van der Waals surface area contributed by atoms with Gasteiger partial charge >= 0.3 is 5.97 Å². The second-order valence-electron chi connectivity index (χ2n) is 4.55. The molecule has 2 aromatic rings. The zero-order chi connectivity index (χ0) is 17.0. The van der Waals surface area contributed by atoms with Crippen molar-refractivity contribution in [1.82, 2.24) is 4.98 Å².